The molecule has 0 aliphatic rings. The van der Waals surface area contributed by atoms with E-state index in [-0.39, 0.29) is 69.8 Å². The number of benzene rings is 6. The summed E-state index contributed by atoms with van der Waals surface area (Å²) in [6, 6.07) is 38.3. The molecular formula is C76H91N12O23PS3Tc. The summed E-state index contributed by atoms with van der Waals surface area (Å²) in [7, 11) is -12.4. The van der Waals surface area contributed by atoms with Gasteiger partial charge in [-0.2, -0.15) is 21.6 Å². The first-order valence-electron chi connectivity index (χ1n) is 35.5. The van der Waals surface area contributed by atoms with Crippen molar-refractivity contribution < 1.29 is 123 Å². The number of aryl methyl sites for hydroxylation is 3. The fraction of sp³-hybridized carbons (Fsp3) is 0.316. The number of rotatable bonds is 43. The molecule has 0 saturated carbocycles. The number of carboxylic acids is 2. The van der Waals surface area contributed by atoms with Gasteiger partial charge in [-0.3, -0.25) is 43.2 Å². The fourth-order valence-corrected chi connectivity index (χ4v) is 15.9. The van der Waals surface area contributed by atoms with Gasteiger partial charge in [-0.1, -0.05) is 84.9 Å². The van der Waals surface area contributed by atoms with E-state index in [0.717, 1.165) is 27.0 Å². The number of imidazole rings is 1. The maximum absolute atomic E-state index is 13.7. The second-order valence-electron chi connectivity index (χ2n) is 25.5. The average molecular weight is 1770 g/mol. The number of aliphatic hydroxyl groups is 3. The smallest absolute Gasteiger partial charge is 0.323 e. The van der Waals surface area contributed by atoms with E-state index in [1.54, 1.807) is 111 Å². The number of anilines is 1. The van der Waals surface area contributed by atoms with Crippen LogP contribution in [0.2, 0.25) is 0 Å². The van der Waals surface area contributed by atoms with Crippen LogP contribution in [0.15, 0.2) is 195 Å². The number of aliphatic hydroxyl groups excluding tert-OH is 3. The molecule has 0 spiro atoms. The number of aromatic amines is 1. The minimum Gasteiger partial charge on any atom is -0.494 e. The van der Waals surface area contributed by atoms with Crippen LogP contribution in [-0.2, 0) is 92.6 Å². The molecule has 3 amide bonds. The van der Waals surface area contributed by atoms with Crippen molar-refractivity contribution in [1.82, 2.24) is 45.5 Å². The van der Waals surface area contributed by atoms with Crippen molar-refractivity contribution in [2.24, 2.45) is 12.2 Å². The van der Waals surface area contributed by atoms with Crippen LogP contribution in [0.3, 0.4) is 0 Å². The molecule has 623 valence electrons. The molecule has 35 nitrogen and oxygen atoms in total. The molecule has 0 aliphatic carbocycles. The number of pyridine rings is 2. The van der Waals surface area contributed by atoms with Crippen LogP contribution in [0, 0.1) is 19.4 Å². The number of aromatic nitrogens is 4. The molecule has 0 aliphatic heterocycles. The molecule has 6 aromatic carbocycles. The van der Waals surface area contributed by atoms with Crippen molar-refractivity contribution in [3.05, 3.63) is 208 Å². The van der Waals surface area contributed by atoms with E-state index in [1.165, 1.54) is 42.7 Å². The monoisotopic (exact) mass is 1770 g/mol. The molecule has 0 bridgehead atoms. The Morgan fingerprint density at radius 3 is 1.74 bits per heavy atom. The first-order valence-corrected chi connectivity index (χ1v) is 41.2. The Bertz CT molecular complexity index is 5030. The number of carbonyl (C=O) groups is 5. The Morgan fingerprint density at radius 2 is 1.22 bits per heavy atom. The molecule has 1 radical (unpaired) electrons. The first-order chi connectivity index (χ1) is 54.9. The van der Waals surface area contributed by atoms with E-state index < -0.39 is 106 Å². The normalized spacial score (nSPS) is 11.7. The van der Waals surface area contributed by atoms with E-state index in [0.29, 0.717) is 125 Å². The summed E-state index contributed by atoms with van der Waals surface area (Å²) in [6.07, 6.45) is 8.09. The predicted octanol–water partition coefficient (Wildman–Crippen LogP) is 4.22. The van der Waals surface area contributed by atoms with Gasteiger partial charge in [0, 0.05) is 103 Å². The van der Waals surface area contributed by atoms with Gasteiger partial charge in [0.05, 0.1) is 90.7 Å². The SMILES string of the molecule is Cc1cc(-c2ccc(OCCCC(=O)NCCCOCCOCCOCCCNC(=O)c3ccc(N=N)nc3)cc2)cc(C)c1S(=O)(=O)NC(CNC(=O)c1cn(C)c2cc(CNc3ncc[nH]3)ccc2c1=O)C(=O)O.O=C(O)CNC(CO)(CO)CO.O=S(=O)(O)c1ccc(P(c2ccccc2)c2ccc(S(=O)(=O)O)cc2)cc1.[99Tc]. The van der Waals surface area contributed by atoms with Crippen molar-refractivity contribution in [3.8, 4) is 16.9 Å². The van der Waals surface area contributed by atoms with Crippen LogP contribution in [-0.4, -0.2) is 213 Å². The van der Waals surface area contributed by atoms with Gasteiger partial charge in [0.2, 0.25) is 21.4 Å². The first kappa shape index (κ1) is 94.8. The number of H-pyrrole nitrogens is 1. The third kappa shape index (κ3) is 29.6. The van der Waals surface area contributed by atoms with Crippen molar-refractivity contribution in [1.29, 1.82) is 5.53 Å². The fourth-order valence-electron chi connectivity index (χ4n) is 11.0. The number of carbonyl (C=O) groups excluding carboxylic acids is 3. The number of amides is 3. The second-order valence-corrected chi connectivity index (χ2v) is 32.3. The summed E-state index contributed by atoms with van der Waals surface area (Å²) in [4.78, 5) is 84.0. The van der Waals surface area contributed by atoms with E-state index >= 15 is 0 Å². The van der Waals surface area contributed by atoms with Gasteiger partial charge in [0.1, 0.15) is 17.4 Å². The van der Waals surface area contributed by atoms with Gasteiger partial charge in [0.15, 0.2) is 11.8 Å². The maximum Gasteiger partial charge on any atom is 0.323 e. The van der Waals surface area contributed by atoms with Crippen LogP contribution >= 0.6 is 7.92 Å². The molecule has 0 fully saturated rings. The number of nitrogens with zero attached hydrogens (tertiary/aromatic N) is 4. The number of hydrogen-bond donors (Lipinski definition) is 15. The Kier molecular flexibility index (Phi) is 38.1. The number of ether oxygens (including phenoxy) is 4. The number of aliphatic carboxylic acids is 2. The largest absolute Gasteiger partial charge is 0.494 e. The van der Waals surface area contributed by atoms with Crippen LogP contribution < -0.4 is 57.4 Å². The summed E-state index contributed by atoms with van der Waals surface area (Å²) < 4.78 is 117. The number of sulfonamides is 1. The van der Waals surface area contributed by atoms with Crippen molar-refractivity contribution in [3.63, 3.8) is 0 Å². The summed E-state index contributed by atoms with van der Waals surface area (Å²) in [5.74, 6) is -2.45. The Labute approximate surface area is 683 Å². The number of hydrogen-bond acceptors (Lipinski definition) is 25. The summed E-state index contributed by atoms with van der Waals surface area (Å²) >= 11 is 0. The summed E-state index contributed by atoms with van der Waals surface area (Å²) in [5.41, 5.74) is 8.84. The average Bonchev–Trinajstić information content (AvgIpc) is 0.984. The van der Waals surface area contributed by atoms with Crippen LogP contribution in [0.25, 0.3) is 22.0 Å². The minimum absolute atomic E-state index is 0. The number of nitrogens with one attached hydrogen (secondary N) is 8. The van der Waals surface area contributed by atoms with Gasteiger partial charge in [-0.05, 0) is 145 Å². The van der Waals surface area contributed by atoms with Crippen LogP contribution in [0.5, 0.6) is 5.75 Å². The zero-order valence-corrected chi connectivity index (χ0v) is 68.4. The van der Waals surface area contributed by atoms with E-state index in [9.17, 15) is 59.1 Å². The molecule has 9 aromatic rings. The summed E-state index contributed by atoms with van der Waals surface area (Å²) in [5, 5.41) is 64.1. The quantitative estimate of drug-likeness (QED) is 0.0110. The standard InChI is InChI=1S/C52H63N11O12S.C18H15O6PS2.C6H13NO5.Tc/c1-34-27-39(28-35(2)48(34)76(70,71)62-43(51(68)69)32-59-50(67)42-33-63(3)44-29-36(8-14-41(44)47(42)65)30-60-52-56-18-19-57-52)37-9-12-40(13-10-37)75-22-4-7-46(64)54-16-5-20-72-23-25-74-26-24-73-21-6-17-55-49(66)38-11-15-45(61-53)58-31-38;19-26(20,21)17-10-6-15(7-11-17)25(14-4-2-1-3-5-14)16-8-12-18(13-9-16)27(22,23)24;8-2-6(3-9,4-10)7-1-5(11)12;/h8-15,18-19,27-29,31,33,43,53,62H,4-7,16-17,20-26,30,32H2,1-3H3,(H,54,64)(H,55,66)(H,59,67)(H,68,69)(H2,56,57,60);1-13H,(H,19,20,21)(H,22,23,24);7-10H,1-4H2,(H,11,12);/i;;;1+1. The zero-order valence-electron chi connectivity index (χ0n) is 63.2. The second kappa shape index (κ2) is 46.6. The number of carboxylic acid groups (broad SMARTS) is 2. The maximum atomic E-state index is 13.7. The minimum atomic E-state index is -4.43. The molecule has 3 aromatic heterocycles. The molecule has 1 unspecified atom stereocenters. The van der Waals surface area contributed by atoms with Crippen molar-refractivity contribution in [2.45, 2.75) is 72.3 Å². The van der Waals surface area contributed by atoms with Gasteiger partial charge in [-0.15, -0.1) is 5.11 Å². The molecule has 3 heterocycles. The van der Waals surface area contributed by atoms with Crippen LogP contribution in [0.4, 0.5) is 11.8 Å². The summed E-state index contributed by atoms with van der Waals surface area (Å²) in [6.45, 7) is 4.82. The van der Waals surface area contributed by atoms with Gasteiger partial charge in [0.25, 0.3) is 32.1 Å². The Morgan fingerprint density at radius 1 is 0.655 bits per heavy atom. The predicted molar refractivity (Wildman–Crippen MR) is 426 cm³/mol. The van der Waals surface area contributed by atoms with Gasteiger partial charge in [-0.25, -0.2) is 23.9 Å². The zero-order chi connectivity index (χ0) is 83.7. The van der Waals surface area contributed by atoms with Gasteiger partial charge >= 0.3 is 11.9 Å². The molecular weight excluding hydrogens is 1670 g/mol. The molecule has 116 heavy (non-hydrogen) atoms. The van der Waals surface area contributed by atoms with E-state index in [4.69, 9.17) is 54.0 Å². The molecule has 15 N–H and O–H groups in total. The van der Waals surface area contributed by atoms with E-state index in [2.05, 4.69) is 51.4 Å². The van der Waals surface area contributed by atoms with E-state index in [1.807, 2.05) is 42.5 Å². The van der Waals surface area contributed by atoms with Crippen LogP contribution in [0.1, 0.15) is 63.1 Å². The Hall–Kier alpha value is -10.0. The third-order valence-electron chi connectivity index (χ3n) is 17.0. The molecule has 9 rings (SSSR count). The molecule has 0 saturated heterocycles. The number of fused-ring (bicyclic) bond motifs is 1. The Balaban J connectivity index is 0.000000425. The van der Waals surface area contributed by atoms with Crippen molar-refractivity contribution >= 4 is 106 Å². The molecule has 1 atom stereocenters. The third-order valence-corrected chi connectivity index (χ3v) is 22.9. The molecule has 40 heteroatoms. The van der Waals surface area contributed by atoms with Gasteiger partial charge < -0.3 is 75.3 Å². The van der Waals surface area contributed by atoms with Crippen molar-refractivity contribution in [2.75, 3.05) is 97.6 Å². The topological polar surface area (TPSA) is 538 Å².